The molecule has 1 aliphatic rings. The third-order valence-corrected chi connectivity index (χ3v) is 6.54. The van der Waals surface area contributed by atoms with E-state index in [1.165, 1.54) is 5.56 Å². The third-order valence-electron chi connectivity index (χ3n) is 6.54. The Morgan fingerprint density at radius 1 is 1.00 bits per heavy atom. The maximum atomic E-state index is 10.3. The maximum Gasteiger partial charge on any atom is 0.143 e. The molecule has 148 valence electrons. The van der Waals surface area contributed by atoms with Gasteiger partial charge in [0.1, 0.15) is 22.5 Å². The van der Waals surface area contributed by atoms with E-state index in [1.807, 2.05) is 25.1 Å². The van der Waals surface area contributed by atoms with Crippen molar-refractivity contribution in [3.05, 3.63) is 47.5 Å². The molecule has 28 heavy (non-hydrogen) atoms. The van der Waals surface area contributed by atoms with Crippen LogP contribution >= 0.6 is 0 Å². The van der Waals surface area contributed by atoms with Crippen LogP contribution < -0.4 is 0 Å². The molecule has 0 aliphatic carbocycles. The quantitative estimate of drug-likeness (QED) is 0.696. The van der Waals surface area contributed by atoms with Crippen molar-refractivity contribution in [2.45, 2.75) is 64.5 Å². The number of phenolic OH excluding ortho intramolecular Hbond substituents is 1. The molecule has 0 spiro atoms. The number of aryl methyl sites for hydroxylation is 1. The Balaban J connectivity index is 1.81. The second-order valence-electron chi connectivity index (χ2n) is 9.49. The summed E-state index contributed by atoms with van der Waals surface area (Å²) in [6.45, 7) is 11.3. The van der Waals surface area contributed by atoms with Crippen LogP contribution in [0.1, 0.15) is 57.6 Å². The van der Waals surface area contributed by atoms with E-state index < -0.39 is 0 Å². The number of rotatable bonds is 2. The molecule has 0 saturated carbocycles. The van der Waals surface area contributed by atoms with Gasteiger partial charge >= 0.3 is 0 Å². The zero-order valence-electron chi connectivity index (χ0n) is 17.7. The molecule has 1 saturated heterocycles. The van der Waals surface area contributed by atoms with Crippen LogP contribution in [0.5, 0.6) is 5.75 Å². The Hall–Kier alpha value is -2.40. The van der Waals surface area contributed by atoms with Crippen LogP contribution in [0, 0.1) is 6.92 Å². The van der Waals surface area contributed by atoms with Gasteiger partial charge in [-0.15, -0.1) is 15.0 Å². The van der Waals surface area contributed by atoms with E-state index >= 15 is 0 Å². The van der Waals surface area contributed by atoms with E-state index in [1.54, 1.807) is 10.9 Å². The Bertz CT molecular complexity index is 1020. The molecule has 0 amide bonds. The Morgan fingerprint density at radius 2 is 1.68 bits per heavy atom. The summed E-state index contributed by atoms with van der Waals surface area (Å²) in [5, 5.41) is 19.8. The van der Waals surface area contributed by atoms with Crippen LogP contribution in [-0.2, 0) is 0 Å². The smallest absolute Gasteiger partial charge is 0.143 e. The summed E-state index contributed by atoms with van der Waals surface area (Å²) in [6.07, 6.45) is 2.16. The van der Waals surface area contributed by atoms with Gasteiger partial charge in [0.15, 0.2) is 0 Å². The minimum atomic E-state index is 0.111. The Kier molecular flexibility index (Phi) is 4.27. The van der Waals surface area contributed by atoms with E-state index in [9.17, 15) is 5.11 Å². The largest absolute Gasteiger partial charge is 0.506 e. The highest BCUT2D eigenvalue weighted by Crippen LogP contribution is 2.45. The van der Waals surface area contributed by atoms with Crippen LogP contribution in [0.3, 0.4) is 0 Å². The summed E-state index contributed by atoms with van der Waals surface area (Å²) in [4.78, 5) is 4.07. The standard InChI is InChI=1S/C23H30N4O/c1-15-10-11-20(28)19(12-15)27-24-18-9-7-8-17(21(18)25-27)16-13-22(2,3)26(6)23(4,5)14-16/h7-12,16,28H,13-14H2,1-6H3. The van der Waals surface area contributed by atoms with Gasteiger partial charge in [-0.25, -0.2) is 0 Å². The average molecular weight is 379 g/mol. The van der Waals surface area contributed by atoms with Crippen LogP contribution in [-0.4, -0.2) is 43.1 Å². The molecule has 1 N–H and O–H groups in total. The molecule has 1 aliphatic heterocycles. The van der Waals surface area contributed by atoms with E-state index in [2.05, 4.69) is 56.9 Å². The van der Waals surface area contributed by atoms with Gasteiger partial charge in [0, 0.05) is 11.1 Å². The lowest BCUT2D eigenvalue weighted by atomic mass is 9.71. The van der Waals surface area contributed by atoms with Crippen LogP contribution in [0.4, 0.5) is 0 Å². The zero-order chi connectivity index (χ0) is 20.3. The number of piperidine rings is 1. The van der Waals surface area contributed by atoms with Crippen molar-refractivity contribution in [2.75, 3.05) is 7.05 Å². The molecule has 0 unspecified atom stereocenters. The second-order valence-corrected chi connectivity index (χ2v) is 9.49. The fourth-order valence-electron chi connectivity index (χ4n) is 4.78. The van der Waals surface area contributed by atoms with E-state index in [4.69, 9.17) is 5.10 Å². The molecule has 0 atom stereocenters. The molecule has 4 rings (SSSR count). The second kappa shape index (κ2) is 6.31. The van der Waals surface area contributed by atoms with Gasteiger partial charge in [0.25, 0.3) is 0 Å². The summed E-state index contributed by atoms with van der Waals surface area (Å²) in [7, 11) is 2.23. The number of aromatic nitrogens is 3. The minimum Gasteiger partial charge on any atom is -0.506 e. The van der Waals surface area contributed by atoms with Gasteiger partial charge in [0.2, 0.25) is 0 Å². The number of nitrogens with zero attached hydrogens (tertiary/aromatic N) is 4. The van der Waals surface area contributed by atoms with Gasteiger partial charge < -0.3 is 5.11 Å². The van der Waals surface area contributed by atoms with Crippen molar-refractivity contribution in [2.24, 2.45) is 0 Å². The molecule has 5 heteroatoms. The third kappa shape index (κ3) is 3.08. The van der Waals surface area contributed by atoms with Crippen LogP contribution in [0.15, 0.2) is 36.4 Å². The van der Waals surface area contributed by atoms with Crippen molar-refractivity contribution in [1.29, 1.82) is 0 Å². The van der Waals surface area contributed by atoms with Crippen LogP contribution in [0.25, 0.3) is 16.7 Å². The highest BCUT2D eigenvalue weighted by Gasteiger charge is 2.43. The molecule has 1 fully saturated rings. The number of likely N-dealkylation sites (tertiary alicyclic amines) is 1. The monoisotopic (exact) mass is 378 g/mol. The molecule has 2 heterocycles. The average Bonchev–Trinajstić information content (AvgIpc) is 3.05. The molecule has 5 nitrogen and oxygen atoms in total. The molecular weight excluding hydrogens is 348 g/mol. The summed E-state index contributed by atoms with van der Waals surface area (Å²) < 4.78 is 0. The van der Waals surface area contributed by atoms with E-state index in [-0.39, 0.29) is 16.8 Å². The Morgan fingerprint density at radius 3 is 2.36 bits per heavy atom. The lowest BCUT2D eigenvalue weighted by Crippen LogP contribution is -2.58. The molecular formula is C23H30N4O. The summed E-state index contributed by atoms with van der Waals surface area (Å²) in [6, 6.07) is 11.8. The fourth-order valence-corrected chi connectivity index (χ4v) is 4.78. The first-order valence-corrected chi connectivity index (χ1v) is 9.98. The number of hydrogen-bond donors (Lipinski definition) is 1. The normalized spacial score (nSPS) is 19.9. The summed E-state index contributed by atoms with van der Waals surface area (Å²) in [5.74, 6) is 0.607. The van der Waals surface area contributed by atoms with Crippen molar-refractivity contribution in [3.8, 4) is 11.4 Å². The highest BCUT2D eigenvalue weighted by molar-refractivity contribution is 5.78. The van der Waals surface area contributed by atoms with Crippen molar-refractivity contribution >= 4 is 11.0 Å². The number of fused-ring (bicyclic) bond motifs is 1. The number of aromatic hydroxyl groups is 1. The predicted octanol–water partition coefficient (Wildman–Crippen LogP) is 4.80. The van der Waals surface area contributed by atoms with Gasteiger partial charge in [-0.1, -0.05) is 18.2 Å². The van der Waals surface area contributed by atoms with Crippen molar-refractivity contribution in [1.82, 2.24) is 19.9 Å². The first kappa shape index (κ1) is 18.9. The first-order valence-electron chi connectivity index (χ1n) is 9.98. The Labute approximate surface area is 167 Å². The predicted molar refractivity (Wildman–Crippen MR) is 113 cm³/mol. The lowest BCUT2D eigenvalue weighted by Gasteiger charge is -2.53. The lowest BCUT2D eigenvalue weighted by molar-refractivity contribution is -0.0126. The molecule has 1 aromatic heterocycles. The van der Waals surface area contributed by atoms with Gasteiger partial charge in [-0.2, -0.15) is 0 Å². The number of hydrogen-bond acceptors (Lipinski definition) is 4. The van der Waals surface area contributed by atoms with Crippen LogP contribution in [0.2, 0.25) is 0 Å². The molecule has 0 radical (unpaired) electrons. The number of benzene rings is 2. The summed E-state index contributed by atoms with van der Waals surface area (Å²) in [5.41, 5.74) is 4.96. The topological polar surface area (TPSA) is 54.2 Å². The van der Waals surface area contributed by atoms with Gasteiger partial charge in [-0.3, -0.25) is 4.90 Å². The summed E-state index contributed by atoms with van der Waals surface area (Å²) >= 11 is 0. The van der Waals surface area contributed by atoms with Gasteiger partial charge in [0.05, 0.1) is 0 Å². The fraction of sp³-hybridized carbons (Fsp3) is 0.478. The molecule has 2 aromatic carbocycles. The van der Waals surface area contributed by atoms with E-state index in [0.717, 1.165) is 29.4 Å². The zero-order valence-corrected chi connectivity index (χ0v) is 17.7. The molecule has 0 bridgehead atoms. The highest BCUT2D eigenvalue weighted by atomic mass is 16.3. The minimum absolute atomic E-state index is 0.111. The van der Waals surface area contributed by atoms with Crippen molar-refractivity contribution in [3.63, 3.8) is 0 Å². The maximum absolute atomic E-state index is 10.3. The van der Waals surface area contributed by atoms with Crippen molar-refractivity contribution < 1.29 is 5.11 Å². The number of phenols is 1. The molecule has 3 aromatic rings. The van der Waals surface area contributed by atoms with E-state index in [0.29, 0.717) is 11.6 Å². The SMILES string of the molecule is Cc1ccc(O)c(-n2nc3cccc(C4CC(C)(C)N(C)C(C)(C)C4)c3n2)c1. The van der Waals surface area contributed by atoms with Gasteiger partial charge in [-0.05, 0) is 89.8 Å². The first-order chi connectivity index (χ1) is 13.1.